The lowest BCUT2D eigenvalue weighted by Crippen LogP contribution is -2.40. The van der Waals surface area contributed by atoms with Gasteiger partial charge in [-0.15, -0.1) is 0 Å². The Bertz CT molecular complexity index is 1080. The van der Waals surface area contributed by atoms with Crippen LogP contribution < -0.4 is 19.8 Å². The van der Waals surface area contributed by atoms with Crippen LogP contribution in [0.25, 0.3) is 0 Å². The lowest BCUT2D eigenvalue weighted by atomic mass is 9.93. The van der Waals surface area contributed by atoms with Gasteiger partial charge < -0.3 is 14.6 Å². The molecule has 0 aliphatic rings. The number of ether oxygens (including phenoxy) is 2. The third kappa shape index (κ3) is 6.27. The first kappa shape index (κ1) is 24.8. The highest BCUT2D eigenvalue weighted by atomic mass is 32.2. The van der Waals surface area contributed by atoms with Gasteiger partial charge >= 0.3 is 0 Å². The van der Waals surface area contributed by atoms with Crippen LogP contribution in [0.3, 0.4) is 0 Å². The zero-order chi connectivity index (χ0) is 23.4. The Morgan fingerprint density at radius 3 is 1.71 bits per heavy atom. The summed E-state index contributed by atoms with van der Waals surface area (Å²) < 4.78 is 58.5. The summed E-state index contributed by atoms with van der Waals surface area (Å²) in [5.41, 5.74) is 0.0339. The molecule has 2 heterocycles. The number of aromatic nitrogens is 4. The van der Waals surface area contributed by atoms with E-state index >= 15 is 0 Å². The summed E-state index contributed by atoms with van der Waals surface area (Å²) in [6.07, 6.45) is 2.66. The molecule has 0 radical (unpaired) electrons. The maximum absolute atomic E-state index is 12.3. The molecule has 0 bridgehead atoms. The Morgan fingerprint density at radius 2 is 1.35 bits per heavy atom. The quantitative estimate of drug-likeness (QED) is 0.371. The van der Waals surface area contributed by atoms with Crippen molar-refractivity contribution in [3.63, 3.8) is 0 Å². The van der Waals surface area contributed by atoms with Gasteiger partial charge in [-0.2, -0.15) is 0 Å². The van der Waals surface area contributed by atoms with E-state index in [2.05, 4.69) is 19.9 Å². The first-order chi connectivity index (χ1) is 14.4. The van der Waals surface area contributed by atoms with Crippen LogP contribution >= 0.6 is 0 Å². The van der Waals surface area contributed by atoms with Gasteiger partial charge in [0.05, 0.1) is 55.6 Å². The molecule has 15 heteroatoms. The van der Waals surface area contributed by atoms with Crippen LogP contribution in [0, 0.1) is 0 Å². The lowest BCUT2D eigenvalue weighted by molar-refractivity contribution is 0.158. The monoisotopic (exact) mass is 476 g/mol. The minimum absolute atomic E-state index is 0.0948. The molecule has 0 aliphatic heterocycles. The van der Waals surface area contributed by atoms with E-state index in [-0.39, 0.29) is 23.1 Å². The number of methoxy groups -OCH3 is 2. The second kappa shape index (κ2) is 9.78. The molecule has 0 saturated heterocycles. The summed E-state index contributed by atoms with van der Waals surface area (Å²) >= 11 is 0. The largest absolute Gasteiger partial charge is 0.480 e. The zero-order valence-corrected chi connectivity index (χ0v) is 18.6. The Morgan fingerprint density at radius 1 is 0.871 bits per heavy atom. The molecular weight excluding hydrogens is 452 g/mol. The van der Waals surface area contributed by atoms with Crippen molar-refractivity contribution < 1.29 is 31.4 Å². The number of hydrogen-bond donors (Lipinski definition) is 3. The van der Waals surface area contributed by atoms with Crippen LogP contribution in [0.4, 0.5) is 0 Å². The van der Waals surface area contributed by atoms with Gasteiger partial charge in [0.2, 0.25) is 31.8 Å². The van der Waals surface area contributed by atoms with Gasteiger partial charge in [0.1, 0.15) is 11.4 Å². The fourth-order valence-electron chi connectivity index (χ4n) is 2.87. The summed E-state index contributed by atoms with van der Waals surface area (Å²) in [4.78, 5) is 15.9. The number of sulfonamides is 2. The topological polar surface area (TPSA) is 211 Å². The van der Waals surface area contributed by atoms with Crippen LogP contribution in [-0.4, -0.2) is 66.6 Å². The smallest absolute Gasteiger partial charge is 0.231 e. The maximum Gasteiger partial charge on any atom is 0.231 e. The third-order valence-electron chi connectivity index (χ3n) is 4.74. The summed E-state index contributed by atoms with van der Waals surface area (Å²) in [5, 5.41) is 18.4. The van der Waals surface area contributed by atoms with Gasteiger partial charge in [-0.25, -0.2) is 37.1 Å². The van der Waals surface area contributed by atoms with E-state index in [0.29, 0.717) is 0 Å². The molecule has 0 saturated carbocycles. The molecule has 0 unspecified atom stereocenters. The molecule has 0 spiro atoms. The minimum atomic E-state index is -4.38. The number of hydrogen-bond acceptors (Lipinski definition) is 11. The summed E-state index contributed by atoms with van der Waals surface area (Å²) in [7, 11) is -5.76. The van der Waals surface area contributed by atoms with E-state index in [1.165, 1.54) is 39.7 Å². The molecule has 5 N–H and O–H groups in total. The fraction of sp³-hybridized carbons (Fsp3) is 0.500. The Labute approximate surface area is 180 Å². The molecule has 0 fully saturated rings. The number of nitrogens with two attached hydrogens (primary N) is 2. The van der Waals surface area contributed by atoms with Crippen molar-refractivity contribution in [1.82, 2.24) is 19.9 Å². The normalized spacial score (nSPS) is 16.2. The van der Waals surface area contributed by atoms with E-state index in [4.69, 9.17) is 19.8 Å². The molecule has 2 rings (SSSR count). The first-order valence-electron chi connectivity index (χ1n) is 8.81. The standard InChI is InChI=1S/C16H24N6O7S2/c1-9(30(17,24)25)10(11-5-21-14(28-2)7-19-11)4-13(31(18,26)27)16(23)12-6-22-15(29-3)8-20-12/h5-10,13,16,23H,4H2,1-3H3,(H2,17,24,25)(H2,18,26,27)/t9-,10-,13-,16-/m1/s1. The zero-order valence-electron chi connectivity index (χ0n) is 17.0. The van der Waals surface area contributed by atoms with Crippen LogP contribution in [0.5, 0.6) is 11.8 Å². The van der Waals surface area contributed by atoms with Crippen LogP contribution in [-0.2, 0) is 20.0 Å². The first-order valence-corrected chi connectivity index (χ1v) is 12.0. The summed E-state index contributed by atoms with van der Waals surface area (Å²) in [6, 6.07) is 0. The van der Waals surface area contributed by atoms with Crippen molar-refractivity contribution in [2.45, 2.75) is 35.9 Å². The van der Waals surface area contributed by atoms with Crippen LogP contribution in [0.15, 0.2) is 24.8 Å². The molecule has 13 nitrogen and oxygen atoms in total. The van der Waals surface area contributed by atoms with Crippen molar-refractivity contribution in [3.8, 4) is 11.8 Å². The van der Waals surface area contributed by atoms with E-state index in [1.54, 1.807) is 0 Å². The second-order valence-electron chi connectivity index (χ2n) is 6.68. The molecular formula is C16H24N6O7S2. The highest BCUT2D eigenvalue weighted by molar-refractivity contribution is 7.90. The van der Waals surface area contributed by atoms with E-state index < -0.39 is 49.0 Å². The van der Waals surface area contributed by atoms with Gasteiger partial charge in [-0.3, -0.25) is 9.97 Å². The fourth-order valence-corrected chi connectivity index (χ4v) is 4.56. The molecule has 2 aromatic heterocycles. The molecule has 31 heavy (non-hydrogen) atoms. The van der Waals surface area contributed by atoms with Gasteiger partial charge in [0.15, 0.2) is 0 Å². The highest BCUT2D eigenvalue weighted by Gasteiger charge is 2.39. The third-order valence-corrected chi connectivity index (χ3v) is 7.40. The Hall–Kier alpha value is -2.46. The van der Waals surface area contributed by atoms with Crippen molar-refractivity contribution in [2.75, 3.05) is 14.2 Å². The molecule has 0 aromatic carbocycles. The molecule has 172 valence electrons. The van der Waals surface area contributed by atoms with Crippen LogP contribution in [0.1, 0.15) is 36.8 Å². The van der Waals surface area contributed by atoms with E-state index in [0.717, 1.165) is 6.20 Å². The summed E-state index contributed by atoms with van der Waals surface area (Å²) in [5.74, 6) is -0.753. The number of aliphatic hydroxyl groups excluding tert-OH is 1. The number of primary sulfonamides is 2. The Kier molecular flexibility index (Phi) is 7.82. The molecule has 4 atom stereocenters. The van der Waals surface area contributed by atoms with E-state index in [9.17, 15) is 21.9 Å². The van der Waals surface area contributed by atoms with Crippen molar-refractivity contribution in [1.29, 1.82) is 0 Å². The number of nitrogens with zero attached hydrogens (tertiary/aromatic N) is 4. The lowest BCUT2D eigenvalue weighted by Gasteiger charge is -2.28. The van der Waals surface area contributed by atoms with Crippen LogP contribution in [0.2, 0.25) is 0 Å². The average Bonchev–Trinajstić information content (AvgIpc) is 2.72. The van der Waals surface area contributed by atoms with Gasteiger partial charge in [-0.1, -0.05) is 0 Å². The number of aliphatic hydroxyl groups is 1. The van der Waals surface area contributed by atoms with Crippen molar-refractivity contribution in [3.05, 3.63) is 36.2 Å². The second-order valence-corrected chi connectivity index (χ2v) is 10.4. The predicted molar refractivity (Wildman–Crippen MR) is 109 cm³/mol. The maximum atomic E-state index is 12.3. The van der Waals surface area contributed by atoms with Gasteiger partial charge in [0.25, 0.3) is 0 Å². The van der Waals surface area contributed by atoms with Crippen molar-refractivity contribution in [2.24, 2.45) is 10.3 Å². The highest BCUT2D eigenvalue weighted by Crippen LogP contribution is 2.33. The minimum Gasteiger partial charge on any atom is -0.480 e. The van der Waals surface area contributed by atoms with Crippen molar-refractivity contribution >= 4 is 20.0 Å². The Balaban J connectivity index is 2.48. The SMILES string of the molecule is COc1cnc([C@@H](O)[C@@H](C[C@@H](c2cnc(OC)cn2)[C@@H](C)S(N)(=O)=O)S(N)(=O)=O)cn1. The van der Waals surface area contributed by atoms with Gasteiger partial charge in [0, 0.05) is 5.92 Å². The summed E-state index contributed by atoms with van der Waals surface area (Å²) in [6.45, 7) is 1.30. The van der Waals surface area contributed by atoms with Gasteiger partial charge in [-0.05, 0) is 13.3 Å². The average molecular weight is 477 g/mol. The molecule has 0 aliphatic carbocycles. The predicted octanol–water partition coefficient (Wildman–Crippen LogP) is -1.17. The number of rotatable bonds is 10. The van der Waals surface area contributed by atoms with E-state index in [1.807, 2.05) is 0 Å². The molecule has 2 aromatic rings. The molecule has 0 amide bonds.